The van der Waals surface area contributed by atoms with Gasteiger partial charge in [0, 0.05) is 26.8 Å². The third kappa shape index (κ3) is 3.71. The second kappa shape index (κ2) is 6.25. The van der Waals surface area contributed by atoms with Gasteiger partial charge in [-0.3, -0.25) is 4.79 Å². The fourth-order valence-corrected chi connectivity index (χ4v) is 2.77. The van der Waals surface area contributed by atoms with Crippen molar-refractivity contribution in [1.82, 2.24) is 9.88 Å². The number of amides is 1. The fraction of sp³-hybridized carbons (Fsp3) is 0.625. The second-order valence-electron chi connectivity index (χ2n) is 6.36. The molecule has 1 aromatic heterocycles. The molecule has 1 fully saturated rings. The molecule has 0 spiro atoms. The van der Waals surface area contributed by atoms with Gasteiger partial charge in [0.1, 0.15) is 5.82 Å². The highest BCUT2D eigenvalue weighted by molar-refractivity contribution is 5.93. The molecular formula is C16H25N3O. The number of carbonyl (C=O) groups is 1. The maximum absolute atomic E-state index is 11.8. The van der Waals surface area contributed by atoms with Crippen LogP contribution in [0.15, 0.2) is 18.3 Å². The second-order valence-corrected chi connectivity index (χ2v) is 6.36. The molecule has 1 aliphatic carbocycles. The first-order valence-electron chi connectivity index (χ1n) is 7.42. The highest BCUT2D eigenvalue weighted by atomic mass is 16.2. The van der Waals surface area contributed by atoms with Crippen molar-refractivity contribution in [3.05, 3.63) is 23.9 Å². The molecule has 1 amide bonds. The van der Waals surface area contributed by atoms with Crippen LogP contribution in [0.25, 0.3) is 0 Å². The zero-order valence-corrected chi connectivity index (χ0v) is 12.8. The van der Waals surface area contributed by atoms with Crippen molar-refractivity contribution < 1.29 is 4.79 Å². The predicted molar refractivity (Wildman–Crippen MR) is 81.9 cm³/mol. The SMILES string of the molecule is CN(C)C(=O)c1ccc(NCC2(C)CCCCC2)nc1. The topological polar surface area (TPSA) is 45.2 Å². The number of anilines is 1. The lowest BCUT2D eigenvalue weighted by atomic mass is 9.76. The Kier molecular flexibility index (Phi) is 4.63. The Morgan fingerprint density at radius 2 is 2.00 bits per heavy atom. The Balaban J connectivity index is 1.92. The Labute approximate surface area is 121 Å². The molecule has 1 aliphatic rings. The minimum absolute atomic E-state index is 0.0108. The van der Waals surface area contributed by atoms with Crippen molar-refractivity contribution >= 4 is 11.7 Å². The van der Waals surface area contributed by atoms with Crippen molar-refractivity contribution in [3.63, 3.8) is 0 Å². The summed E-state index contributed by atoms with van der Waals surface area (Å²) in [5, 5.41) is 3.41. The number of hydrogen-bond donors (Lipinski definition) is 1. The summed E-state index contributed by atoms with van der Waals surface area (Å²) in [6, 6.07) is 3.73. The molecule has 0 atom stereocenters. The molecule has 1 N–H and O–H groups in total. The summed E-state index contributed by atoms with van der Waals surface area (Å²) in [6.45, 7) is 3.31. The van der Waals surface area contributed by atoms with Gasteiger partial charge in [0.15, 0.2) is 0 Å². The maximum atomic E-state index is 11.8. The van der Waals surface area contributed by atoms with Crippen LogP contribution in [0.2, 0.25) is 0 Å². The van der Waals surface area contributed by atoms with E-state index in [0.29, 0.717) is 11.0 Å². The number of nitrogens with zero attached hydrogens (tertiary/aromatic N) is 2. The molecular weight excluding hydrogens is 250 g/mol. The number of pyridine rings is 1. The number of carbonyl (C=O) groups excluding carboxylic acids is 1. The molecule has 0 aliphatic heterocycles. The molecule has 2 rings (SSSR count). The van der Waals surface area contributed by atoms with E-state index < -0.39 is 0 Å². The van der Waals surface area contributed by atoms with Gasteiger partial charge in [-0.15, -0.1) is 0 Å². The predicted octanol–water partition coefficient (Wildman–Crippen LogP) is 3.17. The molecule has 4 nitrogen and oxygen atoms in total. The van der Waals surface area contributed by atoms with Gasteiger partial charge in [0.05, 0.1) is 5.56 Å². The van der Waals surface area contributed by atoms with E-state index in [1.807, 2.05) is 12.1 Å². The maximum Gasteiger partial charge on any atom is 0.254 e. The lowest BCUT2D eigenvalue weighted by Gasteiger charge is -2.33. The fourth-order valence-electron chi connectivity index (χ4n) is 2.77. The standard InChI is InChI=1S/C16H25N3O/c1-16(9-5-4-6-10-16)12-18-14-8-7-13(11-17-14)15(20)19(2)3/h7-8,11H,4-6,9-10,12H2,1-3H3,(H,17,18). The third-order valence-electron chi connectivity index (χ3n) is 4.17. The first-order chi connectivity index (χ1) is 9.50. The van der Waals surface area contributed by atoms with Crippen molar-refractivity contribution in [2.45, 2.75) is 39.0 Å². The number of rotatable bonds is 4. The average Bonchev–Trinajstić information content (AvgIpc) is 2.46. The van der Waals surface area contributed by atoms with Gasteiger partial charge in [-0.05, 0) is 30.4 Å². The molecule has 0 saturated heterocycles. The van der Waals surface area contributed by atoms with Crippen LogP contribution in [-0.4, -0.2) is 36.4 Å². The van der Waals surface area contributed by atoms with Crippen molar-refractivity contribution in [2.24, 2.45) is 5.41 Å². The minimum atomic E-state index is -0.0108. The van der Waals surface area contributed by atoms with E-state index in [-0.39, 0.29) is 5.91 Å². The van der Waals surface area contributed by atoms with Crippen LogP contribution in [0.1, 0.15) is 49.4 Å². The van der Waals surface area contributed by atoms with Gasteiger partial charge in [0.2, 0.25) is 0 Å². The van der Waals surface area contributed by atoms with Gasteiger partial charge in [-0.2, -0.15) is 0 Å². The van der Waals surface area contributed by atoms with Gasteiger partial charge < -0.3 is 10.2 Å². The van der Waals surface area contributed by atoms with E-state index in [2.05, 4.69) is 17.2 Å². The van der Waals surface area contributed by atoms with Crippen LogP contribution in [-0.2, 0) is 0 Å². The van der Waals surface area contributed by atoms with Crippen LogP contribution in [0.5, 0.6) is 0 Å². The van der Waals surface area contributed by atoms with Gasteiger partial charge in [-0.25, -0.2) is 4.98 Å². The summed E-state index contributed by atoms with van der Waals surface area (Å²) in [6.07, 6.45) is 8.27. The molecule has 0 aromatic carbocycles. The molecule has 0 unspecified atom stereocenters. The summed E-state index contributed by atoms with van der Waals surface area (Å²) in [7, 11) is 3.50. The van der Waals surface area contributed by atoms with Crippen LogP contribution >= 0.6 is 0 Å². The molecule has 110 valence electrons. The molecule has 20 heavy (non-hydrogen) atoms. The minimum Gasteiger partial charge on any atom is -0.370 e. The van der Waals surface area contributed by atoms with E-state index in [0.717, 1.165) is 12.4 Å². The Bertz CT molecular complexity index is 447. The number of aromatic nitrogens is 1. The van der Waals surface area contributed by atoms with E-state index >= 15 is 0 Å². The van der Waals surface area contributed by atoms with Crippen molar-refractivity contribution in [1.29, 1.82) is 0 Å². The first kappa shape index (κ1) is 14.8. The van der Waals surface area contributed by atoms with E-state index in [9.17, 15) is 4.79 Å². The number of hydrogen-bond acceptors (Lipinski definition) is 3. The first-order valence-corrected chi connectivity index (χ1v) is 7.42. The van der Waals surface area contributed by atoms with E-state index in [1.54, 1.807) is 25.2 Å². The summed E-state index contributed by atoms with van der Waals surface area (Å²) >= 11 is 0. The van der Waals surface area contributed by atoms with Gasteiger partial charge in [0.25, 0.3) is 5.91 Å². The van der Waals surface area contributed by atoms with Crippen molar-refractivity contribution in [2.75, 3.05) is 26.0 Å². The van der Waals surface area contributed by atoms with E-state index in [1.165, 1.54) is 32.1 Å². The smallest absolute Gasteiger partial charge is 0.254 e. The van der Waals surface area contributed by atoms with E-state index in [4.69, 9.17) is 0 Å². The molecule has 4 heteroatoms. The lowest BCUT2D eigenvalue weighted by molar-refractivity contribution is 0.0827. The van der Waals surface area contributed by atoms with Crippen molar-refractivity contribution in [3.8, 4) is 0 Å². The highest BCUT2D eigenvalue weighted by Crippen LogP contribution is 2.35. The third-order valence-corrected chi connectivity index (χ3v) is 4.17. The lowest BCUT2D eigenvalue weighted by Crippen LogP contribution is -2.29. The molecule has 1 heterocycles. The largest absolute Gasteiger partial charge is 0.370 e. The summed E-state index contributed by atoms with van der Waals surface area (Å²) in [5.74, 6) is 0.843. The molecule has 0 radical (unpaired) electrons. The summed E-state index contributed by atoms with van der Waals surface area (Å²) in [4.78, 5) is 17.7. The Morgan fingerprint density at radius 1 is 1.30 bits per heavy atom. The van der Waals surface area contributed by atoms with Gasteiger partial charge in [-0.1, -0.05) is 26.2 Å². The Hall–Kier alpha value is -1.58. The van der Waals surface area contributed by atoms with Crippen LogP contribution in [0.3, 0.4) is 0 Å². The number of nitrogens with one attached hydrogen (secondary N) is 1. The molecule has 0 bridgehead atoms. The molecule has 1 saturated carbocycles. The van der Waals surface area contributed by atoms with Gasteiger partial charge >= 0.3 is 0 Å². The zero-order valence-electron chi connectivity index (χ0n) is 12.8. The molecule has 1 aromatic rings. The Morgan fingerprint density at radius 3 is 2.55 bits per heavy atom. The summed E-state index contributed by atoms with van der Waals surface area (Å²) < 4.78 is 0. The zero-order chi connectivity index (χ0) is 14.6. The normalized spacial score (nSPS) is 17.6. The van der Waals surface area contributed by atoms with Crippen LogP contribution in [0.4, 0.5) is 5.82 Å². The van der Waals surface area contributed by atoms with Crippen LogP contribution < -0.4 is 5.32 Å². The average molecular weight is 275 g/mol. The summed E-state index contributed by atoms with van der Waals surface area (Å²) in [5.41, 5.74) is 1.02. The highest BCUT2D eigenvalue weighted by Gasteiger charge is 2.26. The van der Waals surface area contributed by atoms with Crippen LogP contribution in [0, 0.1) is 5.41 Å². The monoisotopic (exact) mass is 275 g/mol. The quantitative estimate of drug-likeness (QED) is 0.918.